The van der Waals surface area contributed by atoms with E-state index < -0.39 is 55.5 Å². The van der Waals surface area contributed by atoms with E-state index in [0.717, 1.165) is 0 Å². The zero-order chi connectivity index (χ0) is 21.4. The van der Waals surface area contributed by atoms with Crippen LogP contribution in [0.4, 0.5) is 0 Å². The molecule has 0 unspecified atom stereocenters. The lowest BCUT2D eigenvalue weighted by molar-refractivity contribution is -0.312. The molecule has 0 spiro atoms. The van der Waals surface area contributed by atoms with E-state index in [0.29, 0.717) is 0 Å². The number of rotatable bonds is 11. The summed E-state index contributed by atoms with van der Waals surface area (Å²) in [5, 5.41) is 29.2. The molecule has 0 aromatic rings. The van der Waals surface area contributed by atoms with Gasteiger partial charge >= 0.3 is 23.7 Å². The van der Waals surface area contributed by atoms with Crippen LogP contribution in [0.3, 0.4) is 0 Å². The number of ether oxygens (including phenoxy) is 3. The summed E-state index contributed by atoms with van der Waals surface area (Å²) in [4.78, 5) is 36.3. The first-order chi connectivity index (χ1) is 12.4. The number of carbonyl (C=O) groups is 3. The molecule has 0 aliphatic rings. The lowest BCUT2D eigenvalue weighted by Gasteiger charge is -2.45. The Kier molecular flexibility index (Phi) is 9.08. The third-order valence-electron chi connectivity index (χ3n) is 3.49. The predicted molar refractivity (Wildman–Crippen MR) is 94.1 cm³/mol. The number of esters is 3. The van der Waals surface area contributed by atoms with Crippen molar-refractivity contribution in [3.63, 3.8) is 0 Å². The van der Waals surface area contributed by atoms with Gasteiger partial charge in [0.05, 0.1) is 26.2 Å². The third kappa shape index (κ3) is 5.75. The molecule has 0 fully saturated rings. The average Bonchev–Trinajstić information content (AvgIpc) is 2.58. The van der Waals surface area contributed by atoms with E-state index in [9.17, 15) is 29.7 Å². The van der Waals surface area contributed by atoms with Gasteiger partial charge in [-0.3, -0.25) is 0 Å². The number of hydrogen-bond donors (Lipinski definition) is 3. The predicted octanol–water partition coefficient (Wildman–Crippen LogP) is 0.146. The Morgan fingerprint density at radius 1 is 0.741 bits per heavy atom. The van der Waals surface area contributed by atoms with E-state index in [1.165, 1.54) is 20.8 Å². The Morgan fingerprint density at radius 2 is 1.07 bits per heavy atom. The quantitative estimate of drug-likeness (QED) is 0.257. The molecule has 0 radical (unpaired) electrons. The normalized spacial score (nSPS) is 11.3. The Hall–Kier alpha value is -2.49. The second kappa shape index (κ2) is 10.0. The molecule has 0 bridgehead atoms. The molecule has 0 amide bonds. The zero-order valence-electron chi connectivity index (χ0n) is 15.7. The lowest BCUT2D eigenvalue weighted by Crippen LogP contribution is -2.66. The van der Waals surface area contributed by atoms with E-state index in [1.54, 1.807) is 0 Å². The summed E-state index contributed by atoms with van der Waals surface area (Å²) in [7, 11) is 0. The zero-order valence-corrected chi connectivity index (χ0v) is 15.7. The molecule has 0 heterocycles. The van der Waals surface area contributed by atoms with Gasteiger partial charge in [-0.15, -0.1) is 0 Å². The van der Waals surface area contributed by atoms with Crippen molar-refractivity contribution >= 4 is 17.9 Å². The molecule has 0 saturated carbocycles. The molecule has 0 aromatic heterocycles. The Morgan fingerprint density at radius 3 is 1.33 bits per heavy atom. The highest BCUT2D eigenvalue weighted by atomic mass is 16.8. The molecule has 0 aromatic carbocycles. The fourth-order valence-electron chi connectivity index (χ4n) is 1.86. The molecule has 152 valence electrons. The summed E-state index contributed by atoms with van der Waals surface area (Å²) in [5.74, 6) is -5.77. The van der Waals surface area contributed by atoms with Gasteiger partial charge in [-0.1, -0.05) is 19.7 Å². The molecular weight excluding hydrogens is 360 g/mol. The van der Waals surface area contributed by atoms with Crippen LogP contribution in [0.25, 0.3) is 0 Å². The van der Waals surface area contributed by atoms with Crippen LogP contribution < -0.4 is 0 Å². The van der Waals surface area contributed by atoms with Crippen LogP contribution in [-0.2, 0) is 28.6 Å². The maximum Gasteiger partial charge on any atom is 0.336 e. The molecule has 27 heavy (non-hydrogen) atoms. The second-order valence-electron chi connectivity index (χ2n) is 6.05. The maximum absolute atomic E-state index is 12.1. The maximum atomic E-state index is 12.1. The van der Waals surface area contributed by atoms with Gasteiger partial charge in [0.1, 0.15) is 0 Å². The first-order valence-corrected chi connectivity index (χ1v) is 7.91. The smallest absolute Gasteiger partial charge is 0.336 e. The largest absolute Gasteiger partial charge is 0.442 e. The Balaban J connectivity index is 6.54. The number of hydrogen-bond acceptors (Lipinski definition) is 9. The molecule has 9 nitrogen and oxygen atoms in total. The molecule has 9 heteroatoms. The minimum atomic E-state index is -2.57. The van der Waals surface area contributed by atoms with Crippen LogP contribution in [0.5, 0.6) is 0 Å². The van der Waals surface area contributed by atoms with Gasteiger partial charge in [-0.25, -0.2) is 14.4 Å². The van der Waals surface area contributed by atoms with Crippen molar-refractivity contribution in [3.8, 4) is 0 Å². The molecule has 0 atom stereocenters. The van der Waals surface area contributed by atoms with Crippen molar-refractivity contribution < 1.29 is 43.9 Å². The third-order valence-corrected chi connectivity index (χ3v) is 3.49. The van der Waals surface area contributed by atoms with Crippen LogP contribution >= 0.6 is 0 Å². The van der Waals surface area contributed by atoms with E-state index in [1.807, 2.05) is 0 Å². The number of aliphatic hydroxyl groups excluding tert-OH is 3. The summed E-state index contributed by atoms with van der Waals surface area (Å²) >= 11 is 0. The average molecular weight is 386 g/mol. The van der Waals surface area contributed by atoms with E-state index >= 15 is 0 Å². The van der Waals surface area contributed by atoms with Gasteiger partial charge in [0.25, 0.3) is 0 Å². The van der Waals surface area contributed by atoms with Crippen molar-refractivity contribution in [2.75, 3.05) is 19.8 Å². The highest BCUT2D eigenvalue weighted by Gasteiger charge is 2.61. The molecule has 0 aliphatic heterocycles. The molecular formula is C18H26O9. The SMILES string of the molecule is C=C(C)C(=O)OC(CO)(CO)C(CCO)(OC(=O)C(=C)C)OC(=O)C(=C)C. The number of carbonyl (C=O) groups excluding carboxylic acids is 3. The summed E-state index contributed by atoms with van der Waals surface area (Å²) in [5.41, 5.74) is -2.77. The fraction of sp³-hybridized carbons (Fsp3) is 0.500. The van der Waals surface area contributed by atoms with Gasteiger partial charge in [0, 0.05) is 16.7 Å². The van der Waals surface area contributed by atoms with E-state index in [2.05, 4.69) is 19.7 Å². The first-order valence-electron chi connectivity index (χ1n) is 7.91. The topological polar surface area (TPSA) is 140 Å². The van der Waals surface area contributed by atoms with Crippen LogP contribution in [-0.4, -0.2) is 64.4 Å². The standard InChI is InChI=1S/C18H26O9/c1-11(2)14(22)25-17(9-20,10-21)18(7-8-19,26-15(23)12(3)4)27-16(24)13(5)6/h19-21H,1,3,5,7-10H2,2,4,6H3. The first kappa shape index (κ1) is 24.5. The molecule has 0 saturated heterocycles. The molecule has 3 N–H and O–H groups in total. The summed E-state index contributed by atoms with van der Waals surface area (Å²) in [6, 6.07) is 0. The van der Waals surface area contributed by atoms with Gasteiger partial charge in [-0.2, -0.15) is 0 Å². The van der Waals surface area contributed by atoms with Crippen LogP contribution in [0, 0.1) is 0 Å². The Bertz CT molecular complexity index is 601. The van der Waals surface area contributed by atoms with Crippen LogP contribution in [0.1, 0.15) is 27.2 Å². The van der Waals surface area contributed by atoms with Crippen molar-refractivity contribution in [1.29, 1.82) is 0 Å². The van der Waals surface area contributed by atoms with Crippen molar-refractivity contribution in [2.45, 2.75) is 38.6 Å². The van der Waals surface area contributed by atoms with Gasteiger partial charge in [0.2, 0.25) is 5.60 Å². The van der Waals surface area contributed by atoms with Crippen molar-refractivity contribution in [1.82, 2.24) is 0 Å². The second-order valence-corrected chi connectivity index (χ2v) is 6.05. The van der Waals surface area contributed by atoms with Gasteiger partial charge in [-0.05, 0) is 20.8 Å². The van der Waals surface area contributed by atoms with E-state index in [-0.39, 0.29) is 16.7 Å². The number of aliphatic hydroxyl groups is 3. The summed E-state index contributed by atoms with van der Waals surface area (Å²) < 4.78 is 15.5. The molecule has 0 aliphatic carbocycles. The minimum Gasteiger partial charge on any atom is -0.442 e. The minimum absolute atomic E-state index is 0.100. The fourth-order valence-corrected chi connectivity index (χ4v) is 1.86. The Labute approximate surface area is 157 Å². The lowest BCUT2D eigenvalue weighted by atomic mass is 9.90. The highest BCUT2D eigenvalue weighted by Crippen LogP contribution is 2.36. The monoisotopic (exact) mass is 386 g/mol. The van der Waals surface area contributed by atoms with Crippen molar-refractivity contribution in [2.24, 2.45) is 0 Å². The van der Waals surface area contributed by atoms with Gasteiger partial charge < -0.3 is 29.5 Å². The molecule has 0 rings (SSSR count). The van der Waals surface area contributed by atoms with Crippen LogP contribution in [0.2, 0.25) is 0 Å². The van der Waals surface area contributed by atoms with Gasteiger partial charge in [0.15, 0.2) is 0 Å². The van der Waals surface area contributed by atoms with E-state index in [4.69, 9.17) is 14.2 Å². The summed E-state index contributed by atoms with van der Waals surface area (Å²) in [6.07, 6.45) is -0.629. The highest BCUT2D eigenvalue weighted by molar-refractivity contribution is 5.90. The van der Waals surface area contributed by atoms with Crippen molar-refractivity contribution in [3.05, 3.63) is 36.5 Å². The summed E-state index contributed by atoms with van der Waals surface area (Å²) in [6.45, 7) is 11.1. The van der Waals surface area contributed by atoms with Crippen LogP contribution in [0.15, 0.2) is 36.5 Å².